The molecule has 2 heterocycles. The molecule has 1 aromatic heterocycles. The second-order valence-electron chi connectivity index (χ2n) is 5.98. The SMILES string of the molecule is CCc1ocnc1C(=O)N1CCC(Oc2ccccc2)(C(=O)O)CC1. The first-order chi connectivity index (χ1) is 12.1. The summed E-state index contributed by atoms with van der Waals surface area (Å²) < 4.78 is 11.0. The monoisotopic (exact) mass is 344 g/mol. The smallest absolute Gasteiger partial charge is 0.348 e. The zero-order valence-electron chi connectivity index (χ0n) is 14.0. The molecule has 0 unspecified atom stereocenters. The van der Waals surface area contributed by atoms with Gasteiger partial charge in [0.1, 0.15) is 11.5 Å². The number of likely N-dealkylation sites (tertiary alicyclic amines) is 1. The first kappa shape index (κ1) is 17.0. The van der Waals surface area contributed by atoms with Crippen LogP contribution in [0.5, 0.6) is 5.75 Å². The molecule has 1 aliphatic heterocycles. The maximum absolute atomic E-state index is 12.6. The summed E-state index contributed by atoms with van der Waals surface area (Å²) in [6.45, 7) is 2.46. The Morgan fingerprint density at radius 1 is 1.28 bits per heavy atom. The van der Waals surface area contributed by atoms with Crippen molar-refractivity contribution < 1.29 is 23.8 Å². The molecule has 132 valence electrons. The molecule has 0 atom stereocenters. The summed E-state index contributed by atoms with van der Waals surface area (Å²) in [4.78, 5) is 30.0. The highest BCUT2D eigenvalue weighted by atomic mass is 16.5. The van der Waals surface area contributed by atoms with Crippen LogP contribution in [0, 0.1) is 0 Å². The average molecular weight is 344 g/mol. The van der Waals surface area contributed by atoms with E-state index in [1.807, 2.05) is 13.0 Å². The number of amides is 1. The van der Waals surface area contributed by atoms with Crippen LogP contribution >= 0.6 is 0 Å². The molecule has 0 bridgehead atoms. The molecule has 0 aliphatic carbocycles. The summed E-state index contributed by atoms with van der Waals surface area (Å²) in [6, 6.07) is 8.88. The van der Waals surface area contributed by atoms with Gasteiger partial charge in [0.15, 0.2) is 12.1 Å². The van der Waals surface area contributed by atoms with Gasteiger partial charge in [-0.3, -0.25) is 4.79 Å². The molecule has 1 aromatic carbocycles. The number of rotatable bonds is 5. The molecular weight excluding hydrogens is 324 g/mol. The lowest BCUT2D eigenvalue weighted by Crippen LogP contribution is -2.54. The van der Waals surface area contributed by atoms with E-state index in [1.165, 1.54) is 6.39 Å². The Labute approximate surface area is 145 Å². The summed E-state index contributed by atoms with van der Waals surface area (Å²) in [5, 5.41) is 9.69. The van der Waals surface area contributed by atoms with Crippen molar-refractivity contribution >= 4 is 11.9 Å². The molecule has 1 amide bonds. The first-order valence-corrected chi connectivity index (χ1v) is 8.25. The zero-order chi connectivity index (χ0) is 17.9. The maximum atomic E-state index is 12.6. The number of piperidine rings is 1. The highest BCUT2D eigenvalue weighted by Gasteiger charge is 2.45. The van der Waals surface area contributed by atoms with Gasteiger partial charge in [-0.15, -0.1) is 0 Å². The van der Waals surface area contributed by atoms with E-state index < -0.39 is 11.6 Å². The van der Waals surface area contributed by atoms with Crippen molar-refractivity contribution in [1.29, 1.82) is 0 Å². The highest BCUT2D eigenvalue weighted by molar-refractivity contribution is 5.93. The Balaban J connectivity index is 1.72. The number of hydrogen-bond donors (Lipinski definition) is 1. The Kier molecular flexibility index (Phi) is 4.74. The fourth-order valence-electron chi connectivity index (χ4n) is 2.99. The second kappa shape index (κ2) is 6.96. The van der Waals surface area contributed by atoms with E-state index in [4.69, 9.17) is 9.15 Å². The number of carbonyl (C=O) groups is 2. The minimum absolute atomic E-state index is 0.211. The number of hydrogen-bond acceptors (Lipinski definition) is 5. The molecule has 7 nitrogen and oxygen atoms in total. The summed E-state index contributed by atoms with van der Waals surface area (Å²) >= 11 is 0. The van der Waals surface area contributed by atoms with Gasteiger partial charge in [0.05, 0.1) is 0 Å². The molecule has 0 spiro atoms. The van der Waals surface area contributed by atoms with Crippen LogP contribution in [-0.2, 0) is 11.2 Å². The Morgan fingerprint density at radius 3 is 2.56 bits per heavy atom. The van der Waals surface area contributed by atoms with Crippen LogP contribution in [0.15, 0.2) is 41.1 Å². The van der Waals surface area contributed by atoms with Gasteiger partial charge in [0.25, 0.3) is 5.91 Å². The van der Waals surface area contributed by atoms with Crippen molar-refractivity contribution in [2.45, 2.75) is 31.8 Å². The normalized spacial score (nSPS) is 16.4. The van der Waals surface area contributed by atoms with Crippen molar-refractivity contribution in [3.63, 3.8) is 0 Å². The lowest BCUT2D eigenvalue weighted by molar-refractivity contribution is -0.159. The predicted octanol–water partition coefficient (Wildman–Crippen LogP) is 2.38. The van der Waals surface area contributed by atoms with Gasteiger partial charge in [-0.25, -0.2) is 9.78 Å². The third-order valence-corrected chi connectivity index (χ3v) is 4.47. The van der Waals surface area contributed by atoms with E-state index in [9.17, 15) is 14.7 Å². The van der Waals surface area contributed by atoms with E-state index in [-0.39, 0.29) is 31.8 Å². The van der Waals surface area contributed by atoms with Crippen molar-refractivity contribution in [3.8, 4) is 5.75 Å². The maximum Gasteiger partial charge on any atom is 0.348 e. The van der Waals surface area contributed by atoms with Crippen LogP contribution < -0.4 is 4.74 Å². The predicted molar refractivity (Wildman–Crippen MR) is 88.5 cm³/mol. The summed E-state index contributed by atoms with van der Waals surface area (Å²) in [5.41, 5.74) is -1.02. The number of carboxylic acid groups (broad SMARTS) is 1. The molecule has 0 saturated carbocycles. The third kappa shape index (κ3) is 3.35. The molecular formula is C18H20N2O5. The minimum atomic E-state index is -1.32. The molecule has 0 radical (unpaired) electrons. The molecule has 1 saturated heterocycles. The number of ether oxygens (including phenoxy) is 1. The molecule has 3 rings (SSSR count). The van der Waals surface area contributed by atoms with Crippen LogP contribution in [-0.4, -0.2) is 45.6 Å². The number of aryl methyl sites for hydroxylation is 1. The molecule has 2 aromatic rings. The number of nitrogens with zero attached hydrogens (tertiary/aromatic N) is 2. The van der Waals surface area contributed by atoms with Crippen molar-refractivity contribution in [1.82, 2.24) is 9.88 Å². The molecule has 25 heavy (non-hydrogen) atoms. The van der Waals surface area contributed by atoms with Gasteiger partial charge in [0.2, 0.25) is 5.60 Å². The van der Waals surface area contributed by atoms with Gasteiger partial charge in [-0.1, -0.05) is 25.1 Å². The Bertz CT molecular complexity index is 748. The molecule has 1 N–H and O–H groups in total. The summed E-state index contributed by atoms with van der Waals surface area (Å²) in [6.07, 6.45) is 2.26. The lowest BCUT2D eigenvalue weighted by Gasteiger charge is -2.38. The largest absolute Gasteiger partial charge is 0.478 e. The minimum Gasteiger partial charge on any atom is -0.478 e. The van der Waals surface area contributed by atoms with Gasteiger partial charge in [-0.2, -0.15) is 0 Å². The van der Waals surface area contributed by atoms with Crippen molar-refractivity contribution in [2.75, 3.05) is 13.1 Å². The van der Waals surface area contributed by atoms with Crippen molar-refractivity contribution in [3.05, 3.63) is 48.2 Å². The number of aromatic nitrogens is 1. The topological polar surface area (TPSA) is 92.9 Å². The van der Waals surface area contributed by atoms with Crippen molar-refractivity contribution in [2.24, 2.45) is 0 Å². The lowest BCUT2D eigenvalue weighted by atomic mass is 9.90. The van der Waals surface area contributed by atoms with Gasteiger partial charge in [0, 0.05) is 32.4 Å². The molecule has 7 heteroatoms. The summed E-state index contributed by atoms with van der Waals surface area (Å²) in [7, 11) is 0. The number of benzene rings is 1. The van der Waals surface area contributed by atoms with E-state index in [0.29, 0.717) is 23.6 Å². The van der Waals surface area contributed by atoms with Crippen LogP contribution in [0.25, 0.3) is 0 Å². The fourth-order valence-corrected chi connectivity index (χ4v) is 2.99. The zero-order valence-corrected chi connectivity index (χ0v) is 14.0. The number of aliphatic carboxylic acids is 1. The van der Waals surface area contributed by atoms with Gasteiger partial charge in [-0.05, 0) is 12.1 Å². The molecule has 1 aliphatic rings. The molecule has 1 fully saturated rings. The number of oxazole rings is 1. The van der Waals surface area contributed by atoms with Gasteiger partial charge >= 0.3 is 5.97 Å². The average Bonchev–Trinajstić information content (AvgIpc) is 3.11. The number of carboxylic acids is 1. The standard InChI is InChI=1S/C18H20N2O5/c1-2-14-15(19-12-24-14)16(21)20-10-8-18(9-11-20,17(22)23)25-13-6-4-3-5-7-13/h3-7,12H,2,8-11H2,1H3,(H,22,23). The van der Waals surface area contributed by atoms with Crippen LogP contribution in [0.4, 0.5) is 0 Å². The summed E-state index contributed by atoms with van der Waals surface area (Å²) in [5.74, 6) is -0.196. The third-order valence-electron chi connectivity index (χ3n) is 4.47. The highest BCUT2D eigenvalue weighted by Crippen LogP contribution is 2.30. The quantitative estimate of drug-likeness (QED) is 0.895. The number of carbonyl (C=O) groups excluding carboxylic acids is 1. The number of para-hydroxylation sites is 1. The fraction of sp³-hybridized carbons (Fsp3) is 0.389. The first-order valence-electron chi connectivity index (χ1n) is 8.25. The van der Waals surface area contributed by atoms with E-state index in [0.717, 1.165) is 0 Å². The Hall–Kier alpha value is -2.83. The van der Waals surface area contributed by atoms with Crippen LogP contribution in [0.3, 0.4) is 0 Å². The Morgan fingerprint density at radius 2 is 1.96 bits per heavy atom. The van der Waals surface area contributed by atoms with Gasteiger partial charge < -0.3 is 19.2 Å². The van der Waals surface area contributed by atoms with E-state index >= 15 is 0 Å². The van der Waals surface area contributed by atoms with E-state index in [2.05, 4.69) is 4.98 Å². The van der Waals surface area contributed by atoms with Crippen LogP contribution in [0.1, 0.15) is 36.0 Å². The van der Waals surface area contributed by atoms with E-state index in [1.54, 1.807) is 29.2 Å². The van der Waals surface area contributed by atoms with Crippen LogP contribution in [0.2, 0.25) is 0 Å². The second-order valence-corrected chi connectivity index (χ2v) is 5.98.